The normalized spacial score (nSPS) is 12.3. The van der Waals surface area contributed by atoms with E-state index >= 15 is 0 Å². The first-order valence-electron chi connectivity index (χ1n) is 6.10. The topological polar surface area (TPSA) is 71.2 Å². The third-order valence-electron chi connectivity index (χ3n) is 2.53. The van der Waals surface area contributed by atoms with E-state index in [4.69, 9.17) is 5.73 Å². The maximum atomic E-state index is 11.9. The van der Waals surface area contributed by atoms with E-state index in [9.17, 15) is 4.79 Å². The fourth-order valence-corrected chi connectivity index (χ4v) is 1.69. The van der Waals surface area contributed by atoms with Crippen LogP contribution in [0.25, 0.3) is 0 Å². The van der Waals surface area contributed by atoms with Gasteiger partial charge in [-0.1, -0.05) is 13.8 Å². The molecule has 5 nitrogen and oxygen atoms in total. The van der Waals surface area contributed by atoms with Gasteiger partial charge in [0.05, 0.1) is 11.7 Å². The fourth-order valence-electron chi connectivity index (χ4n) is 1.69. The van der Waals surface area contributed by atoms with Gasteiger partial charge in [0.15, 0.2) is 5.82 Å². The minimum atomic E-state index is -0.486. The number of amides is 1. The number of nitrogens with one attached hydrogen (secondary N) is 1. The molecule has 0 aliphatic carbocycles. The Labute approximate surface area is 108 Å². The third-order valence-corrected chi connectivity index (χ3v) is 2.53. The molecule has 0 aliphatic rings. The lowest BCUT2D eigenvalue weighted by Crippen LogP contribution is -2.37. The van der Waals surface area contributed by atoms with Gasteiger partial charge in [0.25, 0.3) is 0 Å². The number of hydrogen-bond donors (Lipinski definition) is 2. The molecule has 0 fully saturated rings. The number of hydrogen-bond acceptors (Lipinski definition) is 4. The molecule has 1 atom stereocenters. The standard InChI is InChI=1S/C13H22N4O/c1-9(2)8-10(14)13(18)16-11-6-5-7-15-12(11)17(3)4/h5-7,9-10H,8,14H2,1-4H3,(H,16,18)/t10-/m1/s1. The van der Waals surface area contributed by atoms with E-state index in [1.807, 2.05) is 38.9 Å². The first-order valence-corrected chi connectivity index (χ1v) is 6.10. The predicted molar refractivity (Wildman–Crippen MR) is 74.6 cm³/mol. The lowest BCUT2D eigenvalue weighted by molar-refractivity contribution is -0.117. The lowest BCUT2D eigenvalue weighted by Gasteiger charge is -2.18. The van der Waals surface area contributed by atoms with Crippen LogP contribution in [0.4, 0.5) is 11.5 Å². The van der Waals surface area contributed by atoms with Crippen molar-refractivity contribution in [2.75, 3.05) is 24.3 Å². The van der Waals surface area contributed by atoms with Crippen molar-refractivity contribution in [3.8, 4) is 0 Å². The molecule has 1 aromatic heterocycles. The number of anilines is 2. The Morgan fingerprint density at radius 3 is 2.72 bits per heavy atom. The summed E-state index contributed by atoms with van der Waals surface area (Å²) in [4.78, 5) is 18.0. The number of carbonyl (C=O) groups is 1. The van der Waals surface area contributed by atoms with Gasteiger partial charge in [0.1, 0.15) is 0 Å². The maximum absolute atomic E-state index is 11.9. The molecule has 0 saturated carbocycles. The Morgan fingerprint density at radius 1 is 1.50 bits per heavy atom. The zero-order chi connectivity index (χ0) is 13.7. The zero-order valence-corrected chi connectivity index (χ0v) is 11.5. The molecule has 0 bridgehead atoms. The Morgan fingerprint density at radius 2 is 2.17 bits per heavy atom. The van der Waals surface area contributed by atoms with Crippen LogP contribution in [0.5, 0.6) is 0 Å². The van der Waals surface area contributed by atoms with E-state index in [2.05, 4.69) is 10.3 Å². The Kier molecular flexibility index (Phi) is 5.09. The van der Waals surface area contributed by atoms with Crippen molar-refractivity contribution < 1.29 is 4.79 Å². The predicted octanol–water partition coefficient (Wildman–Crippen LogP) is 1.46. The van der Waals surface area contributed by atoms with Gasteiger partial charge in [-0.3, -0.25) is 4.79 Å². The van der Waals surface area contributed by atoms with Crippen LogP contribution >= 0.6 is 0 Å². The summed E-state index contributed by atoms with van der Waals surface area (Å²) < 4.78 is 0. The summed E-state index contributed by atoms with van der Waals surface area (Å²) in [5.74, 6) is 0.954. The average Bonchev–Trinajstić information content (AvgIpc) is 2.28. The van der Waals surface area contributed by atoms with E-state index in [0.29, 0.717) is 18.0 Å². The van der Waals surface area contributed by atoms with Crippen molar-refractivity contribution in [1.82, 2.24) is 4.98 Å². The van der Waals surface area contributed by atoms with Gasteiger partial charge in [0.2, 0.25) is 5.91 Å². The highest BCUT2D eigenvalue weighted by molar-refractivity contribution is 5.96. The molecule has 1 aromatic rings. The van der Waals surface area contributed by atoms with Gasteiger partial charge < -0.3 is 16.0 Å². The van der Waals surface area contributed by atoms with E-state index in [0.717, 1.165) is 5.82 Å². The molecule has 100 valence electrons. The monoisotopic (exact) mass is 250 g/mol. The Balaban J connectivity index is 2.75. The molecule has 0 spiro atoms. The van der Waals surface area contributed by atoms with Crippen LogP contribution in [-0.4, -0.2) is 31.0 Å². The second kappa shape index (κ2) is 6.35. The smallest absolute Gasteiger partial charge is 0.241 e. The molecule has 1 amide bonds. The molecule has 0 radical (unpaired) electrons. The SMILES string of the molecule is CC(C)C[C@@H](N)C(=O)Nc1cccnc1N(C)C. The van der Waals surface area contributed by atoms with Crippen molar-refractivity contribution in [1.29, 1.82) is 0 Å². The van der Waals surface area contributed by atoms with Crippen LogP contribution in [-0.2, 0) is 4.79 Å². The second-order valence-electron chi connectivity index (χ2n) is 4.99. The molecule has 1 heterocycles. The lowest BCUT2D eigenvalue weighted by atomic mass is 10.0. The number of aromatic nitrogens is 1. The summed E-state index contributed by atoms with van der Waals surface area (Å²) in [6.45, 7) is 4.09. The molecular formula is C13H22N4O. The van der Waals surface area contributed by atoms with Crippen molar-refractivity contribution in [2.24, 2.45) is 11.7 Å². The Bertz CT molecular complexity index is 404. The van der Waals surface area contributed by atoms with Gasteiger partial charge in [-0.05, 0) is 24.5 Å². The third kappa shape index (κ3) is 4.00. The van der Waals surface area contributed by atoms with Crippen LogP contribution in [0.15, 0.2) is 18.3 Å². The molecule has 0 aromatic carbocycles. The van der Waals surface area contributed by atoms with Crippen molar-refractivity contribution in [3.05, 3.63) is 18.3 Å². The summed E-state index contributed by atoms with van der Waals surface area (Å²) in [5.41, 5.74) is 6.53. The number of nitrogens with zero attached hydrogens (tertiary/aromatic N) is 2. The van der Waals surface area contributed by atoms with E-state index in [1.54, 1.807) is 12.3 Å². The van der Waals surface area contributed by atoms with Crippen LogP contribution in [0.1, 0.15) is 20.3 Å². The van der Waals surface area contributed by atoms with E-state index in [-0.39, 0.29) is 5.91 Å². The summed E-state index contributed by atoms with van der Waals surface area (Å²) in [7, 11) is 3.76. The van der Waals surface area contributed by atoms with Crippen LogP contribution in [0, 0.1) is 5.92 Å². The highest BCUT2D eigenvalue weighted by Crippen LogP contribution is 2.20. The number of nitrogens with two attached hydrogens (primary N) is 1. The van der Waals surface area contributed by atoms with E-state index < -0.39 is 6.04 Å². The Hall–Kier alpha value is -1.62. The average molecular weight is 250 g/mol. The summed E-state index contributed by atoms with van der Waals surface area (Å²) in [6, 6.07) is 3.12. The van der Waals surface area contributed by atoms with Crippen LogP contribution < -0.4 is 16.0 Å². The van der Waals surface area contributed by atoms with Crippen molar-refractivity contribution >= 4 is 17.4 Å². The molecule has 1 rings (SSSR count). The van der Waals surface area contributed by atoms with Crippen LogP contribution in [0.3, 0.4) is 0 Å². The van der Waals surface area contributed by atoms with Gasteiger partial charge in [0, 0.05) is 20.3 Å². The molecule has 0 aliphatic heterocycles. The maximum Gasteiger partial charge on any atom is 0.241 e. The largest absolute Gasteiger partial charge is 0.361 e. The van der Waals surface area contributed by atoms with Crippen molar-refractivity contribution in [2.45, 2.75) is 26.3 Å². The summed E-state index contributed by atoms with van der Waals surface area (Å²) in [6.07, 6.45) is 2.36. The first kappa shape index (κ1) is 14.4. The quantitative estimate of drug-likeness (QED) is 0.830. The second-order valence-corrected chi connectivity index (χ2v) is 4.99. The molecule has 18 heavy (non-hydrogen) atoms. The minimum Gasteiger partial charge on any atom is -0.361 e. The van der Waals surface area contributed by atoms with Gasteiger partial charge in [-0.25, -0.2) is 4.98 Å². The summed E-state index contributed by atoms with van der Waals surface area (Å²) >= 11 is 0. The van der Waals surface area contributed by atoms with Gasteiger partial charge in [-0.15, -0.1) is 0 Å². The minimum absolute atomic E-state index is 0.167. The molecular weight excluding hydrogens is 228 g/mol. The first-order chi connectivity index (χ1) is 8.41. The van der Waals surface area contributed by atoms with E-state index in [1.165, 1.54) is 0 Å². The van der Waals surface area contributed by atoms with Gasteiger partial charge in [-0.2, -0.15) is 0 Å². The fraction of sp³-hybridized carbons (Fsp3) is 0.538. The van der Waals surface area contributed by atoms with Crippen molar-refractivity contribution in [3.63, 3.8) is 0 Å². The molecule has 0 unspecified atom stereocenters. The number of rotatable bonds is 5. The zero-order valence-electron chi connectivity index (χ0n) is 11.5. The molecule has 0 saturated heterocycles. The molecule has 3 N–H and O–H groups in total. The number of carbonyl (C=O) groups excluding carboxylic acids is 1. The molecule has 5 heteroatoms. The number of pyridine rings is 1. The van der Waals surface area contributed by atoms with Gasteiger partial charge >= 0.3 is 0 Å². The van der Waals surface area contributed by atoms with Crippen LogP contribution in [0.2, 0.25) is 0 Å². The highest BCUT2D eigenvalue weighted by Gasteiger charge is 2.17. The summed E-state index contributed by atoms with van der Waals surface area (Å²) in [5, 5.41) is 2.83. The highest BCUT2D eigenvalue weighted by atomic mass is 16.2.